The molecule has 1 aliphatic heterocycles. The molecular formula is C17H20N4O2. The van der Waals surface area contributed by atoms with Gasteiger partial charge in [-0.3, -0.25) is 4.79 Å². The maximum Gasteiger partial charge on any atom is 0.226 e. The summed E-state index contributed by atoms with van der Waals surface area (Å²) in [5.74, 6) is 1.41. The van der Waals surface area contributed by atoms with Gasteiger partial charge in [-0.15, -0.1) is 0 Å². The number of aromatic nitrogens is 3. The topological polar surface area (TPSA) is 69.0 Å². The normalized spacial score (nSPS) is 16.7. The number of ketones is 1. The fourth-order valence-electron chi connectivity index (χ4n) is 2.88. The molecule has 1 aromatic heterocycles. The Balaban J connectivity index is 2.15. The second-order valence-electron chi connectivity index (χ2n) is 5.54. The number of rotatable bonds is 5. The van der Waals surface area contributed by atoms with Crippen molar-refractivity contribution in [2.24, 2.45) is 0 Å². The molecule has 2 aromatic rings. The first-order valence-electron chi connectivity index (χ1n) is 7.73. The summed E-state index contributed by atoms with van der Waals surface area (Å²) < 4.78 is 7.61. The zero-order chi connectivity index (χ0) is 16.4. The van der Waals surface area contributed by atoms with E-state index in [-0.39, 0.29) is 11.8 Å². The van der Waals surface area contributed by atoms with Gasteiger partial charge in [0.15, 0.2) is 5.78 Å². The van der Waals surface area contributed by atoms with Gasteiger partial charge in [0.25, 0.3) is 0 Å². The number of nitrogens with zero attached hydrogens (tertiary/aromatic N) is 3. The minimum atomic E-state index is -0.334. The van der Waals surface area contributed by atoms with Crippen LogP contribution in [0.2, 0.25) is 0 Å². The summed E-state index contributed by atoms with van der Waals surface area (Å²) in [6.45, 7) is 6.15. The van der Waals surface area contributed by atoms with Crippen LogP contribution in [0.1, 0.15) is 38.8 Å². The highest BCUT2D eigenvalue weighted by Crippen LogP contribution is 2.38. The summed E-state index contributed by atoms with van der Waals surface area (Å²) in [7, 11) is 0. The lowest BCUT2D eigenvalue weighted by molar-refractivity contribution is -0.114. The molecule has 1 N–H and O–H groups in total. The molecule has 3 rings (SSSR count). The van der Waals surface area contributed by atoms with Gasteiger partial charge in [-0.1, -0.05) is 25.1 Å². The van der Waals surface area contributed by atoms with Gasteiger partial charge in [0.05, 0.1) is 6.61 Å². The van der Waals surface area contributed by atoms with E-state index in [1.807, 2.05) is 31.2 Å². The van der Waals surface area contributed by atoms with Crippen LogP contribution in [0.3, 0.4) is 0 Å². The molecule has 0 saturated carbocycles. The first kappa shape index (κ1) is 15.3. The summed E-state index contributed by atoms with van der Waals surface area (Å²) in [6, 6.07) is 7.44. The van der Waals surface area contributed by atoms with Crippen molar-refractivity contribution in [2.45, 2.75) is 33.2 Å². The van der Waals surface area contributed by atoms with Crippen molar-refractivity contribution in [2.75, 3.05) is 11.9 Å². The summed E-state index contributed by atoms with van der Waals surface area (Å²) in [5, 5.41) is 7.45. The standard InChI is InChI=1S/C17H20N4O2/c1-4-9-23-14-8-6-5-7-13(14)16-15(12(3)22)11(2)20-17-18-10-19-21(16)17/h5-8,10,16H,4,9H2,1-3H3,(H,18,19,20)/t16-/m1/s1. The van der Waals surface area contributed by atoms with E-state index in [4.69, 9.17) is 4.74 Å². The van der Waals surface area contributed by atoms with E-state index < -0.39 is 0 Å². The predicted molar refractivity (Wildman–Crippen MR) is 87.4 cm³/mol. The Bertz CT molecular complexity index is 763. The van der Waals surface area contributed by atoms with Gasteiger partial charge in [-0.05, 0) is 26.3 Å². The SMILES string of the molecule is CCCOc1ccccc1[C@@H]1C(C(C)=O)=C(C)Nc2ncnn21. The quantitative estimate of drug-likeness (QED) is 0.919. The second kappa shape index (κ2) is 6.24. The van der Waals surface area contributed by atoms with Crippen molar-refractivity contribution in [3.8, 4) is 5.75 Å². The van der Waals surface area contributed by atoms with Crippen molar-refractivity contribution in [1.29, 1.82) is 0 Å². The molecule has 23 heavy (non-hydrogen) atoms. The Kier molecular flexibility index (Phi) is 4.14. The smallest absolute Gasteiger partial charge is 0.226 e. The maximum atomic E-state index is 12.2. The van der Waals surface area contributed by atoms with Crippen LogP contribution in [0, 0.1) is 0 Å². The van der Waals surface area contributed by atoms with E-state index in [9.17, 15) is 4.79 Å². The molecule has 6 nitrogen and oxygen atoms in total. The average Bonchev–Trinajstić information content (AvgIpc) is 2.99. The van der Waals surface area contributed by atoms with Crippen LogP contribution in [0.15, 0.2) is 41.9 Å². The third-order valence-corrected chi connectivity index (χ3v) is 3.85. The molecule has 0 amide bonds. The number of hydrogen-bond acceptors (Lipinski definition) is 5. The Morgan fingerprint density at radius 1 is 1.39 bits per heavy atom. The van der Waals surface area contributed by atoms with Gasteiger partial charge in [0.2, 0.25) is 5.95 Å². The first-order valence-corrected chi connectivity index (χ1v) is 7.73. The van der Waals surface area contributed by atoms with Gasteiger partial charge in [0, 0.05) is 16.8 Å². The van der Waals surface area contributed by atoms with Crippen LogP contribution in [-0.4, -0.2) is 27.2 Å². The molecule has 1 aromatic carbocycles. The molecule has 0 radical (unpaired) electrons. The predicted octanol–water partition coefficient (Wildman–Crippen LogP) is 2.94. The van der Waals surface area contributed by atoms with E-state index in [0.29, 0.717) is 18.1 Å². The zero-order valence-corrected chi connectivity index (χ0v) is 13.5. The number of carbonyl (C=O) groups is 1. The van der Waals surface area contributed by atoms with Gasteiger partial charge >= 0.3 is 0 Å². The number of allylic oxidation sites excluding steroid dienone is 2. The number of para-hydroxylation sites is 1. The molecule has 120 valence electrons. The Morgan fingerprint density at radius 2 is 2.17 bits per heavy atom. The molecule has 1 atom stereocenters. The van der Waals surface area contributed by atoms with Gasteiger partial charge < -0.3 is 10.1 Å². The van der Waals surface area contributed by atoms with Crippen LogP contribution in [-0.2, 0) is 4.79 Å². The number of Topliss-reactive ketones (excluding diaryl/α,β-unsaturated/α-hetero) is 1. The number of nitrogens with one attached hydrogen (secondary N) is 1. The summed E-state index contributed by atoms with van der Waals surface area (Å²) in [4.78, 5) is 16.5. The van der Waals surface area contributed by atoms with Crippen LogP contribution < -0.4 is 10.1 Å². The maximum absolute atomic E-state index is 12.2. The van der Waals surface area contributed by atoms with Crippen molar-refractivity contribution in [1.82, 2.24) is 14.8 Å². The largest absolute Gasteiger partial charge is 0.493 e. The molecule has 0 fully saturated rings. The van der Waals surface area contributed by atoms with E-state index in [1.54, 1.807) is 11.6 Å². The highest BCUT2D eigenvalue weighted by atomic mass is 16.5. The highest BCUT2D eigenvalue weighted by Gasteiger charge is 2.33. The summed E-state index contributed by atoms with van der Waals surface area (Å²) in [6.07, 6.45) is 2.41. The first-order chi connectivity index (χ1) is 11.1. The van der Waals surface area contributed by atoms with Crippen molar-refractivity contribution < 1.29 is 9.53 Å². The lowest BCUT2D eigenvalue weighted by Crippen LogP contribution is -2.28. The second-order valence-corrected chi connectivity index (χ2v) is 5.54. The van der Waals surface area contributed by atoms with Crippen LogP contribution in [0.5, 0.6) is 5.75 Å². The molecule has 0 aliphatic carbocycles. The summed E-state index contributed by atoms with van der Waals surface area (Å²) in [5.41, 5.74) is 2.39. The zero-order valence-electron chi connectivity index (χ0n) is 13.5. The van der Waals surface area contributed by atoms with Crippen molar-refractivity contribution in [3.63, 3.8) is 0 Å². The Labute approximate surface area is 135 Å². The van der Waals surface area contributed by atoms with Crippen molar-refractivity contribution >= 4 is 11.7 Å². The minimum absolute atomic E-state index is 0.00597. The van der Waals surface area contributed by atoms with Gasteiger partial charge in [0.1, 0.15) is 18.1 Å². The molecule has 0 spiro atoms. The molecular weight excluding hydrogens is 292 g/mol. The molecule has 0 unspecified atom stereocenters. The lowest BCUT2D eigenvalue weighted by Gasteiger charge is -2.29. The van der Waals surface area contributed by atoms with E-state index in [0.717, 1.165) is 23.4 Å². The lowest BCUT2D eigenvalue weighted by atomic mass is 9.92. The fraction of sp³-hybridized carbons (Fsp3) is 0.353. The molecule has 0 saturated heterocycles. The third kappa shape index (κ3) is 2.72. The molecule has 1 aliphatic rings. The third-order valence-electron chi connectivity index (χ3n) is 3.85. The van der Waals surface area contributed by atoms with E-state index in [1.165, 1.54) is 6.33 Å². The number of ether oxygens (including phenoxy) is 1. The number of carbonyl (C=O) groups excluding carboxylic acids is 1. The van der Waals surface area contributed by atoms with Crippen LogP contribution >= 0.6 is 0 Å². The molecule has 2 heterocycles. The van der Waals surface area contributed by atoms with E-state index >= 15 is 0 Å². The van der Waals surface area contributed by atoms with Gasteiger partial charge in [-0.25, -0.2) is 4.68 Å². The molecule has 6 heteroatoms. The fourth-order valence-corrected chi connectivity index (χ4v) is 2.88. The monoisotopic (exact) mass is 312 g/mol. The van der Waals surface area contributed by atoms with E-state index in [2.05, 4.69) is 22.3 Å². The Morgan fingerprint density at radius 3 is 2.91 bits per heavy atom. The van der Waals surface area contributed by atoms with Gasteiger partial charge in [-0.2, -0.15) is 10.1 Å². The molecule has 0 bridgehead atoms. The Hall–Kier alpha value is -2.63. The number of benzene rings is 1. The number of hydrogen-bond donors (Lipinski definition) is 1. The number of fused-ring (bicyclic) bond motifs is 1. The summed E-state index contributed by atoms with van der Waals surface area (Å²) >= 11 is 0. The van der Waals surface area contributed by atoms with Crippen LogP contribution in [0.4, 0.5) is 5.95 Å². The number of anilines is 1. The van der Waals surface area contributed by atoms with Crippen LogP contribution in [0.25, 0.3) is 0 Å². The minimum Gasteiger partial charge on any atom is -0.493 e. The van der Waals surface area contributed by atoms with Crippen molar-refractivity contribution in [3.05, 3.63) is 47.4 Å². The average molecular weight is 312 g/mol. The highest BCUT2D eigenvalue weighted by molar-refractivity contribution is 5.96.